The Balaban J connectivity index is 1.63. The molecule has 4 nitrogen and oxygen atoms in total. The number of nitrogens with zero attached hydrogens (tertiary/aromatic N) is 3. The lowest BCUT2D eigenvalue weighted by Gasteiger charge is -1.98. The Hall–Kier alpha value is -2.31. The van der Waals surface area contributed by atoms with Gasteiger partial charge in [-0.1, -0.05) is 6.07 Å². The second kappa shape index (κ2) is 6.06. The summed E-state index contributed by atoms with van der Waals surface area (Å²) in [7, 11) is 1.68. The van der Waals surface area contributed by atoms with Gasteiger partial charge in [-0.15, -0.1) is 22.7 Å². The van der Waals surface area contributed by atoms with Crippen LogP contribution in [0.3, 0.4) is 0 Å². The molecule has 0 radical (unpaired) electrons. The van der Waals surface area contributed by atoms with Gasteiger partial charge in [0.15, 0.2) is 0 Å². The molecule has 0 aliphatic rings. The van der Waals surface area contributed by atoms with Crippen LogP contribution in [0.15, 0.2) is 48.1 Å². The average Bonchev–Trinajstić information content (AvgIpc) is 3.22. The summed E-state index contributed by atoms with van der Waals surface area (Å²) < 4.78 is 6.52. The quantitative estimate of drug-likeness (QED) is 0.552. The first-order chi connectivity index (χ1) is 11.3. The molecule has 0 bridgehead atoms. The van der Waals surface area contributed by atoms with Crippen molar-refractivity contribution in [1.29, 1.82) is 0 Å². The molecule has 4 rings (SSSR count). The first-order valence-electron chi connectivity index (χ1n) is 7.11. The summed E-state index contributed by atoms with van der Waals surface area (Å²) in [6.45, 7) is 0. The standard InChI is InChI=1S/C17H13N3OS2/c1-21-13-5-2-6-14-17(13)20-16(23-14)8-15-19-12(10-22-15)11-4-3-7-18-9-11/h2-7,9-10H,8H2,1H3. The SMILES string of the molecule is COc1cccc2sc(Cc3nc(-c4cccnc4)cs3)nc12. The van der Waals surface area contributed by atoms with Crippen molar-refractivity contribution in [2.24, 2.45) is 0 Å². The number of hydrogen-bond donors (Lipinski definition) is 0. The Bertz CT molecular complexity index is 947. The summed E-state index contributed by atoms with van der Waals surface area (Å²) in [4.78, 5) is 13.6. The molecular weight excluding hydrogens is 326 g/mol. The Morgan fingerprint density at radius 1 is 1.09 bits per heavy atom. The number of hydrogen-bond acceptors (Lipinski definition) is 6. The first kappa shape index (κ1) is 14.3. The van der Waals surface area contributed by atoms with E-state index in [4.69, 9.17) is 14.7 Å². The summed E-state index contributed by atoms with van der Waals surface area (Å²) in [5, 5.41) is 4.18. The van der Waals surface area contributed by atoms with E-state index in [2.05, 4.69) is 16.4 Å². The Labute approximate surface area is 141 Å². The molecule has 0 atom stereocenters. The summed E-state index contributed by atoms with van der Waals surface area (Å²) in [6, 6.07) is 9.95. The number of para-hydroxylation sites is 1. The largest absolute Gasteiger partial charge is 0.494 e. The molecule has 3 heterocycles. The Morgan fingerprint density at radius 3 is 2.87 bits per heavy atom. The molecule has 0 saturated heterocycles. The van der Waals surface area contributed by atoms with E-state index in [1.807, 2.05) is 30.5 Å². The van der Waals surface area contributed by atoms with Gasteiger partial charge in [-0.05, 0) is 24.3 Å². The predicted molar refractivity (Wildman–Crippen MR) is 94.3 cm³/mol. The zero-order chi connectivity index (χ0) is 15.6. The van der Waals surface area contributed by atoms with Crippen LogP contribution >= 0.6 is 22.7 Å². The number of ether oxygens (including phenoxy) is 1. The van der Waals surface area contributed by atoms with E-state index in [1.165, 1.54) is 0 Å². The topological polar surface area (TPSA) is 47.9 Å². The second-order valence-electron chi connectivity index (χ2n) is 4.96. The van der Waals surface area contributed by atoms with Crippen molar-refractivity contribution in [3.05, 3.63) is 58.1 Å². The van der Waals surface area contributed by atoms with Gasteiger partial charge in [0, 0.05) is 23.3 Å². The van der Waals surface area contributed by atoms with Gasteiger partial charge in [0.05, 0.1) is 23.9 Å². The van der Waals surface area contributed by atoms with Crippen LogP contribution in [0.25, 0.3) is 21.5 Å². The number of aromatic nitrogens is 3. The molecule has 0 unspecified atom stereocenters. The molecule has 0 aliphatic carbocycles. The number of fused-ring (bicyclic) bond motifs is 1. The summed E-state index contributed by atoms with van der Waals surface area (Å²) in [6.07, 6.45) is 4.35. The van der Waals surface area contributed by atoms with Crippen molar-refractivity contribution in [3.8, 4) is 17.0 Å². The summed E-state index contributed by atoms with van der Waals surface area (Å²) >= 11 is 3.35. The van der Waals surface area contributed by atoms with Crippen molar-refractivity contribution < 1.29 is 4.74 Å². The number of pyridine rings is 1. The van der Waals surface area contributed by atoms with Crippen LogP contribution in [0, 0.1) is 0 Å². The van der Waals surface area contributed by atoms with E-state index in [-0.39, 0.29) is 0 Å². The second-order valence-corrected chi connectivity index (χ2v) is 7.02. The first-order valence-corrected chi connectivity index (χ1v) is 8.80. The smallest absolute Gasteiger partial charge is 0.145 e. The van der Waals surface area contributed by atoms with E-state index in [1.54, 1.807) is 36.0 Å². The number of rotatable bonds is 4. The third kappa shape index (κ3) is 2.83. The van der Waals surface area contributed by atoms with Crippen molar-refractivity contribution in [3.63, 3.8) is 0 Å². The van der Waals surface area contributed by atoms with Crippen LogP contribution in [0.2, 0.25) is 0 Å². The van der Waals surface area contributed by atoms with Crippen molar-refractivity contribution >= 4 is 32.9 Å². The van der Waals surface area contributed by atoms with Gasteiger partial charge in [-0.2, -0.15) is 0 Å². The maximum Gasteiger partial charge on any atom is 0.145 e. The van der Waals surface area contributed by atoms with Crippen molar-refractivity contribution in [2.45, 2.75) is 6.42 Å². The predicted octanol–water partition coefficient (Wildman–Crippen LogP) is 4.41. The molecule has 0 amide bonds. The normalized spacial score (nSPS) is 11.0. The summed E-state index contributed by atoms with van der Waals surface area (Å²) in [5.41, 5.74) is 2.94. The molecule has 3 aromatic heterocycles. The third-order valence-electron chi connectivity index (χ3n) is 3.46. The zero-order valence-electron chi connectivity index (χ0n) is 12.4. The molecule has 23 heavy (non-hydrogen) atoms. The number of methoxy groups -OCH3 is 1. The summed E-state index contributed by atoms with van der Waals surface area (Å²) in [5.74, 6) is 0.820. The van der Waals surface area contributed by atoms with Gasteiger partial charge in [0.1, 0.15) is 21.3 Å². The molecular formula is C17H13N3OS2. The van der Waals surface area contributed by atoms with Crippen molar-refractivity contribution in [1.82, 2.24) is 15.0 Å². The van der Waals surface area contributed by atoms with E-state index < -0.39 is 0 Å². The maximum atomic E-state index is 5.38. The van der Waals surface area contributed by atoms with Crippen LogP contribution in [0.1, 0.15) is 10.0 Å². The molecule has 4 aromatic rings. The highest BCUT2D eigenvalue weighted by Crippen LogP contribution is 2.31. The van der Waals surface area contributed by atoms with Gasteiger partial charge in [0.25, 0.3) is 0 Å². The lowest BCUT2D eigenvalue weighted by atomic mass is 10.2. The zero-order valence-corrected chi connectivity index (χ0v) is 14.0. The van der Waals surface area contributed by atoms with Crippen LogP contribution < -0.4 is 4.74 Å². The number of thiazole rings is 2. The van der Waals surface area contributed by atoms with E-state index >= 15 is 0 Å². The minimum atomic E-state index is 0.743. The molecule has 6 heteroatoms. The van der Waals surface area contributed by atoms with E-state index in [0.29, 0.717) is 0 Å². The molecule has 114 valence electrons. The third-order valence-corrected chi connectivity index (χ3v) is 5.33. The van der Waals surface area contributed by atoms with Gasteiger partial charge < -0.3 is 4.74 Å². The van der Waals surface area contributed by atoms with Gasteiger partial charge in [-0.3, -0.25) is 4.98 Å². The van der Waals surface area contributed by atoms with Crippen LogP contribution in [0.5, 0.6) is 5.75 Å². The molecule has 1 aromatic carbocycles. The highest BCUT2D eigenvalue weighted by molar-refractivity contribution is 7.18. The van der Waals surface area contributed by atoms with Crippen LogP contribution in [0.4, 0.5) is 0 Å². The van der Waals surface area contributed by atoms with Crippen LogP contribution in [-0.2, 0) is 6.42 Å². The highest BCUT2D eigenvalue weighted by atomic mass is 32.1. The molecule has 0 spiro atoms. The minimum absolute atomic E-state index is 0.743. The lowest BCUT2D eigenvalue weighted by Crippen LogP contribution is -1.88. The van der Waals surface area contributed by atoms with E-state index in [9.17, 15) is 0 Å². The van der Waals surface area contributed by atoms with Crippen LogP contribution in [-0.4, -0.2) is 22.1 Å². The van der Waals surface area contributed by atoms with Gasteiger partial charge >= 0.3 is 0 Å². The number of benzene rings is 1. The molecule has 0 saturated carbocycles. The fourth-order valence-electron chi connectivity index (χ4n) is 2.38. The monoisotopic (exact) mass is 339 g/mol. The minimum Gasteiger partial charge on any atom is -0.494 e. The Kier molecular flexibility index (Phi) is 3.77. The van der Waals surface area contributed by atoms with Gasteiger partial charge in [-0.25, -0.2) is 9.97 Å². The fourth-order valence-corrected chi connectivity index (χ4v) is 4.27. The average molecular weight is 339 g/mol. The molecule has 0 N–H and O–H groups in total. The van der Waals surface area contributed by atoms with E-state index in [0.717, 1.165) is 43.7 Å². The van der Waals surface area contributed by atoms with Gasteiger partial charge in [0.2, 0.25) is 0 Å². The lowest BCUT2D eigenvalue weighted by molar-refractivity contribution is 0.419. The molecule has 0 aliphatic heterocycles. The maximum absolute atomic E-state index is 5.38. The molecule has 0 fully saturated rings. The fraction of sp³-hybridized carbons (Fsp3) is 0.118. The Morgan fingerprint density at radius 2 is 2.04 bits per heavy atom. The van der Waals surface area contributed by atoms with Crippen molar-refractivity contribution in [2.75, 3.05) is 7.11 Å². The highest BCUT2D eigenvalue weighted by Gasteiger charge is 2.11.